The fraction of sp³-hybridized carbons (Fsp3) is 0.438. The molecule has 1 aliphatic carbocycles. The van der Waals surface area contributed by atoms with Gasteiger partial charge in [0.05, 0.1) is 12.6 Å². The van der Waals surface area contributed by atoms with Crippen LogP contribution >= 0.6 is 0 Å². The first kappa shape index (κ1) is 13.8. The summed E-state index contributed by atoms with van der Waals surface area (Å²) in [5, 5.41) is 12.3. The zero-order valence-corrected chi connectivity index (χ0v) is 11.1. The molecule has 0 spiro atoms. The summed E-state index contributed by atoms with van der Waals surface area (Å²) in [7, 11) is 0. The molecule has 1 amide bonds. The summed E-state index contributed by atoms with van der Waals surface area (Å²) in [6.07, 6.45) is 7.59. The third kappa shape index (κ3) is 4.52. The molecule has 0 bridgehead atoms. The average Bonchev–Trinajstić information content (AvgIpc) is 2.92. The summed E-state index contributed by atoms with van der Waals surface area (Å²) >= 11 is 0. The van der Waals surface area contributed by atoms with Gasteiger partial charge in [0, 0.05) is 6.42 Å². The second kappa shape index (κ2) is 7.10. The van der Waals surface area contributed by atoms with E-state index >= 15 is 0 Å². The van der Waals surface area contributed by atoms with E-state index in [2.05, 4.69) is 17.5 Å². The molecule has 19 heavy (non-hydrogen) atoms. The number of allylic oxidation sites excluding steroid dienone is 2. The van der Waals surface area contributed by atoms with Gasteiger partial charge in [-0.25, -0.2) is 0 Å². The molecule has 0 radical (unpaired) electrons. The molecule has 3 heteroatoms. The van der Waals surface area contributed by atoms with Gasteiger partial charge in [-0.05, 0) is 30.7 Å². The van der Waals surface area contributed by atoms with Crippen LogP contribution < -0.4 is 5.32 Å². The minimum Gasteiger partial charge on any atom is -0.394 e. The predicted molar refractivity (Wildman–Crippen MR) is 75.6 cm³/mol. The van der Waals surface area contributed by atoms with Crippen LogP contribution in [0.1, 0.15) is 24.8 Å². The highest BCUT2D eigenvalue weighted by atomic mass is 16.3. The highest BCUT2D eigenvalue weighted by Gasteiger charge is 2.17. The molecule has 1 aliphatic rings. The van der Waals surface area contributed by atoms with Gasteiger partial charge in [-0.3, -0.25) is 4.79 Å². The van der Waals surface area contributed by atoms with E-state index < -0.39 is 0 Å². The maximum Gasteiger partial charge on any atom is 0.220 e. The minimum absolute atomic E-state index is 0.0266. The molecule has 0 heterocycles. The lowest BCUT2D eigenvalue weighted by atomic mass is 10.0. The molecule has 1 unspecified atom stereocenters. The highest BCUT2D eigenvalue weighted by molar-refractivity contribution is 5.76. The van der Waals surface area contributed by atoms with E-state index in [4.69, 9.17) is 0 Å². The molecule has 0 aliphatic heterocycles. The number of aliphatic hydroxyl groups excluding tert-OH is 1. The normalized spacial score (nSPS) is 19.3. The molecule has 3 nitrogen and oxygen atoms in total. The Balaban J connectivity index is 1.81. The van der Waals surface area contributed by atoms with Crippen LogP contribution in [-0.4, -0.2) is 23.7 Å². The number of carbonyl (C=O) groups excluding carboxylic acids is 1. The molecule has 102 valence electrons. The maximum atomic E-state index is 11.9. The van der Waals surface area contributed by atoms with Crippen LogP contribution in [0, 0.1) is 5.92 Å². The molecule has 0 saturated heterocycles. The van der Waals surface area contributed by atoms with Crippen LogP contribution in [0.3, 0.4) is 0 Å². The number of rotatable bonds is 6. The predicted octanol–water partition coefficient (Wildman–Crippen LogP) is 2.06. The lowest BCUT2D eigenvalue weighted by Crippen LogP contribution is -2.39. The summed E-state index contributed by atoms with van der Waals surface area (Å²) in [4.78, 5) is 11.9. The summed E-state index contributed by atoms with van der Waals surface area (Å²) < 4.78 is 0. The van der Waals surface area contributed by atoms with Gasteiger partial charge >= 0.3 is 0 Å². The summed E-state index contributed by atoms with van der Waals surface area (Å²) in [6.45, 7) is -0.0266. The Labute approximate surface area is 114 Å². The third-order valence-corrected chi connectivity index (χ3v) is 3.47. The minimum atomic E-state index is -0.194. The Bertz CT molecular complexity index is 428. The van der Waals surface area contributed by atoms with Gasteiger partial charge in [0.1, 0.15) is 0 Å². The number of amides is 1. The summed E-state index contributed by atoms with van der Waals surface area (Å²) in [5.41, 5.74) is 1.13. The Morgan fingerprint density at radius 3 is 2.79 bits per heavy atom. The number of aliphatic hydroxyl groups is 1. The van der Waals surface area contributed by atoms with Crippen LogP contribution in [-0.2, 0) is 11.2 Å². The number of benzene rings is 1. The van der Waals surface area contributed by atoms with Gasteiger partial charge in [0.25, 0.3) is 0 Å². The topological polar surface area (TPSA) is 49.3 Å². The van der Waals surface area contributed by atoms with Gasteiger partial charge < -0.3 is 10.4 Å². The van der Waals surface area contributed by atoms with Crippen LogP contribution in [0.15, 0.2) is 42.5 Å². The summed E-state index contributed by atoms with van der Waals surface area (Å²) in [6, 6.07) is 9.72. The SMILES string of the molecule is O=C(CC1C=CCC1)N[C@H](CO)Cc1ccccc1. The Morgan fingerprint density at radius 1 is 1.37 bits per heavy atom. The highest BCUT2D eigenvalue weighted by Crippen LogP contribution is 2.20. The van der Waals surface area contributed by atoms with E-state index in [9.17, 15) is 9.90 Å². The van der Waals surface area contributed by atoms with Crippen molar-refractivity contribution in [2.75, 3.05) is 6.61 Å². The largest absolute Gasteiger partial charge is 0.394 e. The van der Waals surface area contributed by atoms with E-state index in [0.717, 1.165) is 18.4 Å². The van der Waals surface area contributed by atoms with E-state index in [0.29, 0.717) is 18.8 Å². The van der Waals surface area contributed by atoms with Gasteiger partial charge in [-0.15, -0.1) is 0 Å². The third-order valence-electron chi connectivity index (χ3n) is 3.47. The molecule has 1 aromatic carbocycles. The first-order chi connectivity index (χ1) is 9.28. The van der Waals surface area contributed by atoms with Gasteiger partial charge in [0.2, 0.25) is 5.91 Å². The first-order valence-corrected chi connectivity index (χ1v) is 6.88. The molecule has 2 N–H and O–H groups in total. The number of nitrogens with one attached hydrogen (secondary N) is 1. The maximum absolute atomic E-state index is 11.9. The van der Waals surface area contributed by atoms with E-state index in [1.165, 1.54) is 0 Å². The Hall–Kier alpha value is -1.61. The zero-order chi connectivity index (χ0) is 13.5. The van der Waals surface area contributed by atoms with Crippen molar-refractivity contribution in [1.82, 2.24) is 5.32 Å². The van der Waals surface area contributed by atoms with Crippen molar-refractivity contribution in [1.29, 1.82) is 0 Å². The molecule has 2 atom stereocenters. The second-order valence-corrected chi connectivity index (χ2v) is 5.11. The molecule has 0 fully saturated rings. The van der Waals surface area contributed by atoms with Gasteiger partial charge in [-0.1, -0.05) is 42.5 Å². The van der Waals surface area contributed by atoms with Crippen LogP contribution in [0.25, 0.3) is 0 Å². The monoisotopic (exact) mass is 259 g/mol. The van der Waals surface area contributed by atoms with Gasteiger partial charge in [0.15, 0.2) is 0 Å². The standard InChI is InChI=1S/C16H21NO2/c18-12-15(10-13-6-2-1-3-7-13)17-16(19)11-14-8-4-5-9-14/h1-4,6-8,14-15,18H,5,9-12H2,(H,17,19)/t14?,15-/m0/s1. The molecule has 0 saturated carbocycles. The molecule has 2 rings (SSSR count). The average molecular weight is 259 g/mol. The molecule has 1 aromatic rings. The second-order valence-electron chi connectivity index (χ2n) is 5.11. The van der Waals surface area contributed by atoms with Crippen molar-refractivity contribution in [3.8, 4) is 0 Å². The fourth-order valence-electron chi connectivity index (χ4n) is 2.45. The Morgan fingerprint density at radius 2 is 2.16 bits per heavy atom. The molecule has 0 aromatic heterocycles. The smallest absolute Gasteiger partial charge is 0.220 e. The van der Waals surface area contributed by atoms with Crippen molar-refractivity contribution < 1.29 is 9.90 Å². The van der Waals surface area contributed by atoms with Crippen molar-refractivity contribution in [2.45, 2.75) is 31.7 Å². The van der Waals surface area contributed by atoms with Crippen molar-refractivity contribution in [2.24, 2.45) is 5.92 Å². The van der Waals surface area contributed by atoms with Crippen molar-refractivity contribution >= 4 is 5.91 Å². The quantitative estimate of drug-likeness (QED) is 0.768. The van der Waals surface area contributed by atoms with Gasteiger partial charge in [-0.2, -0.15) is 0 Å². The number of hydrogen-bond acceptors (Lipinski definition) is 2. The van der Waals surface area contributed by atoms with Crippen LogP contribution in [0.5, 0.6) is 0 Å². The molecular formula is C16H21NO2. The lowest BCUT2D eigenvalue weighted by Gasteiger charge is -2.17. The Kier molecular flexibility index (Phi) is 5.16. The van der Waals surface area contributed by atoms with Crippen LogP contribution in [0.4, 0.5) is 0 Å². The first-order valence-electron chi connectivity index (χ1n) is 6.88. The van der Waals surface area contributed by atoms with E-state index in [1.807, 2.05) is 30.3 Å². The fourth-order valence-corrected chi connectivity index (χ4v) is 2.45. The van der Waals surface area contributed by atoms with E-state index in [-0.39, 0.29) is 18.6 Å². The van der Waals surface area contributed by atoms with Crippen molar-refractivity contribution in [3.63, 3.8) is 0 Å². The molecular weight excluding hydrogens is 238 g/mol. The number of hydrogen-bond donors (Lipinski definition) is 2. The lowest BCUT2D eigenvalue weighted by molar-refractivity contribution is -0.122. The van der Waals surface area contributed by atoms with E-state index in [1.54, 1.807) is 0 Å². The van der Waals surface area contributed by atoms with Crippen LogP contribution in [0.2, 0.25) is 0 Å². The number of carbonyl (C=O) groups is 1. The van der Waals surface area contributed by atoms with Crippen molar-refractivity contribution in [3.05, 3.63) is 48.0 Å². The summed E-state index contributed by atoms with van der Waals surface area (Å²) in [5.74, 6) is 0.405. The zero-order valence-electron chi connectivity index (χ0n) is 11.1.